The fourth-order valence-corrected chi connectivity index (χ4v) is 3.63. The third-order valence-corrected chi connectivity index (χ3v) is 5.55. The Labute approximate surface area is 146 Å². The van der Waals surface area contributed by atoms with Crippen molar-refractivity contribution in [2.45, 2.75) is 50.9 Å². The summed E-state index contributed by atoms with van der Waals surface area (Å²) in [5.41, 5.74) is -3.94. The van der Waals surface area contributed by atoms with Gasteiger partial charge in [0, 0.05) is 20.6 Å². The molecule has 0 amide bonds. The normalized spacial score (nSPS) is 27.2. The SMILES string of the molecule is Cn1cnc2c1c(=O)n(CC1(C)CCC(O)(C(F)(F)F)CC1)c(=O)n2C. The Bertz CT molecular complexity index is 962. The van der Waals surface area contributed by atoms with Crippen LogP contribution in [0.15, 0.2) is 15.9 Å². The molecule has 1 aliphatic rings. The maximum absolute atomic E-state index is 13.0. The van der Waals surface area contributed by atoms with E-state index in [-0.39, 0.29) is 30.6 Å². The lowest BCUT2D eigenvalue weighted by Gasteiger charge is -2.42. The Kier molecular flexibility index (Phi) is 4.10. The Morgan fingerprint density at radius 1 is 1.19 bits per heavy atom. The van der Waals surface area contributed by atoms with Gasteiger partial charge in [-0.3, -0.25) is 13.9 Å². The zero-order valence-corrected chi connectivity index (χ0v) is 14.8. The summed E-state index contributed by atoms with van der Waals surface area (Å²) in [6, 6.07) is 0. The van der Waals surface area contributed by atoms with Gasteiger partial charge in [0.25, 0.3) is 5.56 Å². The molecule has 1 saturated carbocycles. The van der Waals surface area contributed by atoms with Crippen molar-refractivity contribution in [1.29, 1.82) is 0 Å². The molecule has 0 atom stereocenters. The van der Waals surface area contributed by atoms with E-state index < -0.39 is 41.3 Å². The van der Waals surface area contributed by atoms with Gasteiger partial charge in [0.05, 0.1) is 6.33 Å². The lowest BCUT2D eigenvalue weighted by atomic mass is 9.69. The number of fused-ring (bicyclic) bond motifs is 1. The summed E-state index contributed by atoms with van der Waals surface area (Å²) in [4.78, 5) is 29.4. The summed E-state index contributed by atoms with van der Waals surface area (Å²) in [6.45, 7) is 1.73. The first-order valence-corrected chi connectivity index (χ1v) is 8.29. The lowest BCUT2D eigenvalue weighted by Crippen LogP contribution is -2.51. The Morgan fingerprint density at radius 3 is 2.31 bits per heavy atom. The molecule has 0 unspecified atom stereocenters. The fraction of sp³-hybridized carbons (Fsp3) is 0.688. The van der Waals surface area contributed by atoms with E-state index in [0.29, 0.717) is 0 Å². The van der Waals surface area contributed by atoms with E-state index in [1.54, 1.807) is 14.0 Å². The minimum absolute atomic E-state index is 0.00639. The highest BCUT2D eigenvalue weighted by molar-refractivity contribution is 5.69. The molecule has 0 saturated heterocycles. The number of aliphatic hydroxyl groups is 1. The smallest absolute Gasteiger partial charge is 0.380 e. The van der Waals surface area contributed by atoms with Crippen LogP contribution in [0.4, 0.5) is 13.2 Å². The first-order valence-electron chi connectivity index (χ1n) is 8.29. The van der Waals surface area contributed by atoms with Gasteiger partial charge >= 0.3 is 11.9 Å². The molecule has 144 valence electrons. The average molecular weight is 374 g/mol. The number of nitrogens with zero attached hydrogens (tertiary/aromatic N) is 4. The summed E-state index contributed by atoms with van der Waals surface area (Å²) in [5.74, 6) is 0. The monoisotopic (exact) mass is 374 g/mol. The molecule has 1 fully saturated rings. The van der Waals surface area contributed by atoms with Crippen molar-refractivity contribution in [3.05, 3.63) is 27.2 Å². The number of rotatable bonds is 2. The maximum Gasteiger partial charge on any atom is 0.417 e. The first-order chi connectivity index (χ1) is 11.9. The predicted octanol–water partition coefficient (Wildman–Crippen LogP) is 1.31. The fourth-order valence-electron chi connectivity index (χ4n) is 3.63. The van der Waals surface area contributed by atoms with Crippen LogP contribution in [0, 0.1) is 5.41 Å². The van der Waals surface area contributed by atoms with Crippen LogP contribution in [0.3, 0.4) is 0 Å². The van der Waals surface area contributed by atoms with Gasteiger partial charge in [-0.25, -0.2) is 9.78 Å². The molecule has 0 bridgehead atoms. The summed E-state index contributed by atoms with van der Waals surface area (Å²) in [7, 11) is 3.14. The molecule has 1 N–H and O–H groups in total. The third kappa shape index (κ3) is 2.76. The van der Waals surface area contributed by atoms with Crippen LogP contribution >= 0.6 is 0 Å². The summed E-state index contributed by atoms with van der Waals surface area (Å²) in [5, 5.41) is 9.84. The number of halogens is 3. The van der Waals surface area contributed by atoms with Crippen molar-refractivity contribution in [3.8, 4) is 0 Å². The molecule has 1 aliphatic carbocycles. The maximum atomic E-state index is 13.0. The van der Waals surface area contributed by atoms with Gasteiger partial charge < -0.3 is 9.67 Å². The summed E-state index contributed by atoms with van der Waals surface area (Å²) in [6.07, 6.45) is -4.04. The lowest BCUT2D eigenvalue weighted by molar-refractivity contribution is -0.275. The highest BCUT2D eigenvalue weighted by Gasteiger charge is 2.56. The van der Waals surface area contributed by atoms with Crippen LogP contribution in [0.25, 0.3) is 11.2 Å². The van der Waals surface area contributed by atoms with Crippen LogP contribution in [-0.4, -0.2) is 35.6 Å². The summed E-state index contributed by atoms with van der Waals surface area (Å²) < 4.78 is 42.8. The molecule has 2 aromatic rings. The Hall–Kier alpha value is -2.10. The van der Waals surface area contributed by atoms with Gasteiger partial charge in [-0.1, -0.05) is 6.92 Å². The highest BCUT2D eigenvalue weighted by Crippen LogP contribution is 2.48. The number of aryl methyl sites for hydroxylation is 2. The predicted molar refractivity (Wildman–Crippen MR) is 87.8 cm³/mol. The number of imidazole rings is 1. The van der Waals surface area contributed by atoms with Gasteiger partial charge in [-0.2, -0.15) is 13.2 Å². The van der Waals surface area contributed by atoms with Crippen LogP contribution in [0.2, 0.25) is 0 Å². The average Bonchev–Trinajstić information content (AvgIpc) is 2.94. The number of hydrogen-bond acceptors (Lipinski definition) is 4. The van der Waals surface area contributed by atoms with Crippen molar-refractivity contribution in [3.63, 3.8) is 0 Å². The molecule has 0 spiro atoms. The van der Waals surface area contributed by atoms with Crippen molar-refractivity contribution >= 4 is 11.2 Å². The molecule has 10 heteroatoms. The molecule has 7 nitrogen and oxygen atoms in total. The van der Waals surface area contributed by atoms with Crippen LogP contribution < -0.4 is 11.2 Å². The van der Waals surface area contributed by atoms with Gasteiger partial charge in [-0.05, 0) is 31.1 Å². The first kappa shape index (κ1) is 18.7. The number of alkyl halides is 3. The molecule has 0 aromatic carbocycles. The third-order valence-electron chi connectivity index (χ3n) is 5.55. The quantitative estimate of drug-likeness (QED) is 0.859. The van der Waals surface area contributed by atoms with Crippen LogP contribution in [0.5, 0.6) is 0 Å². The minimum Gasteiger partial charge on any atom is -0.380 e. The van der Waals surface area contributed by atoms with Crippen LogP contribution in [0.1, 0.15) is 32.6 Å². The van der Waals surface area contributed by atoms with Crippen molar-refractivity contribution in [2.24, 2.45) is 19.5 Å². The highest BCUT2D eigenvalue weighted by atomic mass is 19.4. The molecular weight excluding hydrogens is 353 g/mol. The van der Waals surface area contributed by atoms with E-state index in [9.17, 15) is 27.9 Å². The van der Waals surface area contributed by atoms with Crippen LogP contribution in [-0.2, 0) is 20.6 Å². The number of aromatic nitrogens is 4. The number of hydrogen-bond donors (Lipinski definition) is 1. The molecule has 2 aromatic heterocycles. The zero-order valence-electron chi connectivity index (χ0n) is 14.8. The molecule has 26 heavy (non-hydrogen) atoms. The van der Waals surface area contributed by atoms with Crippen molar-refractivity contribution < 1.29 is 18.3 Å². The summed E-state index contributed by atoms with van der Waals surface area (Å²) >= 11 is 0. The minimum atomic E-state index is -4.69. The zero-order chi connectivity index (χ0) is 19.5. The Balaban J connectivity index is 1.97. The van der Waals surface area contributed by atoms with E-state index in [0.717, 1.165) is 4.57 Å². The standard InChI is InChI=1S/C16H21F3N4O3/c1-14(4-6-15(26,7-5-14)16(17,18)19)8-23-12(24)10-11(20-9-21(10)2)22(3)13(23)25/h9,26H,4-8H2,1-3H3. The second kappa shape index (κ2) is 5.70. The largest absolute Gasteiger partial charge is 0.417 e. The molecule has 3 rings (SSSR count). The van der Waals surface area contributed by atoms with Gasteiger partial charge in [0.1, 0.15) is 0 Å². The Morgan fingerprint density at radius 2 is 1.77 bits per heavy atom. The van der Waals surface area contributed by atoms with E-state index in [4.69, 9.17) is 0 Å². The van der Waals surface area contributed by atoms with E-state index in [1.165, 1.54) is 22.5 Å². The van der Waals surface area contributed by atoms with E-state index >= 15 is 0 Å². The second-order valence-corrected chi connectivity index (χ2v) is 7.60. The second-order valence-electron chi connectivity index (χ2n) is 7.60. The van der Waals surface area contributed by atoms with E-state index in [1.807, 2.05) is 0 Å². The molecular formula is C16H21F3N4O3. The van der Waals surface area contributed by atoms with Gasteiger partial charge in [0.2, 0.25) is 0 Å². The van der Waals surface area contributed by atoms with Gasteiger partial charge in [0.15, 0.2) is 16.8 Å². The molecule has 0 radical (unpaired) electrons. The van der Waals surface area contributed by atoms with Gasteiger partial charge in [-0.15, -0.1) is 0 Å². The van der Waals surface area contributed by atoms with E-state index in [2.05, 4.69) is 4.98 Å². The molecule has 2 heterocycles. The molecule has 0 aliphatic heterocycles. The van der Waals surface area contributed by atoms with Crippen molar-refractivity contribution in [2.75, 3.05) is 0 Å². The van der Waals surface area contributed by atoms with Crippen molar-refractivity contribution in [1.82, 2.24) is 18.7 Å². The topological polar surface area (TPSA) is 82.1 Å².